The molecule has 1 aromatic heterocycles. The number of aromatic nitrogens is 1. The Morgan fingerprint density at radius 3 is 3.21 bits per heavy atom. The van der Waals surface area contributed by atoms with E-state index < -0.39 is 0 Å². The van der Waals surface area contributed by atoms with Gasteiger partial charge >= 0.3 is 0 Å². The maximum atomic E-state index is 11.8. The molecule has 0 saturated carbocycles. The molecule has 2 rings (SSSR count). The van der Waals surface area contributed by atoms with E-state index in [1.807, 2.05) is 0 Å². The number of amides is 1. The largest absolute Gasteiger partial charge is 0.364 e. The van der Waals surface area contributed by atoms with Crippen molar-refractivity contribution in [3.63, 3.8) is 0 Å². The summed E-state index contributed by atoms with van der Waals surface area (Å²) in [6.45, 7) is 3.36. The maximum Gasteiger partial charge on any atom is 0.276 e. The highest BCUT2D eigenvalue weighted by Gasteiger charge is 2.18. The minimum Gasteiger partial charge on any atom is -0.364 e. The lowest BCUT2D eigenvalue weighted by atomic mass is 10.3. The standard InChI is InChI=1S/C9H13N3O2/c13-9(8-2-7-14-11-8)12-5-1-3-10-4-6-12/h2,7,10H,1,3-6H2. The van der Waals surface area contributed by atoms with Gasteiger partial charge in [-0.15, -0.1) is 0 Å². The van der Waals surface area contributed by atoms with Crippen LogP contribution < -0.4 is 5.32 Å². The van der Waals surface area contributed by atoms with Crippen molar-refractivity contribution in [2.45, 2.75) is 6.42 Å². The summed E-state index contributed by atoms with van der Waals surface area (Å²) in [5, 5.41) is 6.87. The van der Waals surface area contributed by atoms with E-state index in [9.17, 15) is 4.79 Å². The van der Waals surface area contributed by atoms with Crippen molar-refractivity contribution in [1.29, 1.82) is 0 Å². The molecule has 1 N–H and O–H groups in total. The minimum atomic E-state index is -0.0394. The normalized spacial score (nSPS) is 17.9. The Morgan fingerprint density at radius 1 is 1.50 bits per heavy atom. The van der Waals surface area contributed by atoms with E-state index >= 15 is 0 Å². The number of hydrogen-bond acceptors (Lipinski definition) is 4. The molecule has 0 bridgehead atoms. The average molecular weight is 195 g/mol. The summed E-state index contributed by atoms with van der Waals surface area (Å²) in [6.07, 6.45) is 2.41. The second-order valence-corrected chi connectivity index (χ2v) is 3.28. The Labute approximate surface area is 82.1 Å². The molecule has 0 aliphatic carbocycles. The Kier molecular flexibility index (Phi) is 2.78. The smallest absolute Gasteiger partial charge is 0.276 e. The molecule has 5 nitrogen and oxygen atoms in total. The van der Waals surface area contributed by atoms with Gasteiger partial charge in [0.15, 0.2) is 5.69 Å². The zero-order valence-corrected chi connectivity index (χ0v) is 7.90. The van der Waals surface area contributed by atoms with Gasteiger partial charge in [-0.1, -0.05) is 5.16 Å². The van der Waals surface area contributed by atoms with Gasteiger partial charge in [0.05, 0.1) is 0 Å². The highest BCUT2D eigenvalue weighted by Crippen LogP contribution is 2.03. The molecule has 0 aromatic carbocycles. The first kappa shape index (κ1) is 9.21. The molecule has 76 valence electrons. The van der Waals surface area contributed by atoms with Crippen molar-refractivity contribution in [1.82, 2.24) is 15.4 Å². The fraction of sp³-hybridized carbons (Fsp3) is 0.556. The Balaban J connectivity index is 2.03. The second-order valence-electron chi connectivity index (χ2n) is 3.28. The molecular formula is C9H13N3O2. The van der Waals surface area contributed by atoms with Crippen LogP contribution in [0.25, 0.3) is 0 Å². The van der Waals surface area contributed by atoms with Gasteiger partial charge in [-0.05, 0) is 13.0 Å². The third-order valence-corrected chi connectivity index (χ3v) is 2.28. The molecule has 14 heavy (non-hydrogen) atoms. The van der Waals surface area contributed by atoms with E-state index in [0.29, 0.717) is 5.69 Å². The molecule has 1 aliphatic rings. The summed E-state index contributed by atoms with van der Waals surface area (Å²) < 4.78 is 4.64. The van der Waals surface area contributed by atoms with Gasteiger partial charge in [-0.2, -0.15) is 0 Å². The van der Waals surface area contributed by atoms with Crippen LogP contribution in [-0.2, 0) is 0 Å². The lowest BCUT2D eigenvalue weighted by molar-refractivity contribution is 0.0756. The predicted octanol–water partition coefficient (Wildman–Crippen LogP) is 0.110. The van der Waals surface area contributed by atoms with E-state index in [4.69, 9.17) is 0 Å². The number of carbonyl (C=O) groups is 1. The molecule has 1 aliphatic heterocycles. The van der Waals surface area contributed by atoms with Crippen LogP contribution in [0.3, 0.4) is 0 Å². The molecule has 1 aromatic rings. The molecular weight excluding hydrogens is 182 g/mol. The highest BCUT2D eigenvalue weighted by molar-refractivity contribution is 5.92. The van der Waals surface area contributed by atoms with Crippen LogP contribution in [0.5, 0.6) is 0 Å². The van der Waals surface area contributed by atoms with Gasteiger partial charge in [0.2, 0.25) is 0 Å². The molecule has 0 unspecified atom stereocenters. The zero-order valence-electron chi connectivity index (χ0n) is 7.90. The topological polar surface area (TPSA) is 58.4 Å². The average Bonchev–Trinajstić information content (AvgIpc) is 2.59. The Morgan fingerprint density at radius 2 is 2.43 bits per heavy atom. The molecule has 0 atom stereocenters. The fourth-order valence-corrected chi connectivity index (χ4v) is 1.53. The van der Waals surface area contributed by atoms with Crippen molar-refractivity contribution in [3.8, 4) is 0 Å². The highest BCUT2D eigenvalue weighted by atomic mass is 16.5. The van der Waals surface area contributed by atoms with Crippen molar-refractivity contribution in [3.05, 3.63) is 18.0 Å². The number of nitrogens with one attached hydrogen (secondary N) is 1. The fourth-order valence-electron chi connectivity index (χ4n) is 1.53. The van der Waals surface area contributed by atoms with E-state index in [0.717, 1.165) is 32.6 Å². The van der Waals surface area contributed by atoms with Crippen molar-refractivity contribution in [2.75, 3.05) is 26.2 Å². The third-order valence-electron chi connectivity index (χ3n) is 2.28. The van der Waals surface area contributed by atoms with E-state index in [-0.39, 0.29) is 5.91 Å². The van der Waals surface area contributed by atoms with Crippen LogP contribution >= 0.6 is 0 Å². The summed E-state index contributed by atoms with van der Waals surface area (Å²) >= 11 is 0. The maximum absolute atomic E-state index is 11.8. The predicted molar refractivity (Wildman–Crippen MR) is 49.9 cm³/mol. The van der Waals surface area contributed by atoms with Gasteiger partial charge in [0, 0.05) is 25.7 Å². The second kappa shape index (κ2) is 4.23. The van der Waals surface area contributed by atoms with Gasteiger partial charge in [0.25, 0.3) is 5.91 Å². The lowest BCUT2D eigenvalue weighted by Crippen LogP contribution is -2.34. The van der Waals surface area contributed by atoms with Crippen LogP contribution in [-0.4, -0.2) is 42.1 Å². The molecule has 5 heteroatoms. The molecule has 1 saturated heterocycles. The van der Waals surface area contributed by atoms with Gasteiger partial charge in [0.1, 0.15) is 6.26 Å². The Hall–Kier alpha value is -1.36. The summed E-state index contributed by atoms with van der Waals surface area (Å²) in [5.74, 6) is -0.0394. The lowest BCUT2D eigenvalue weighted by Gasteiger charge is -2.17. The van der Waals surface area contributed by atoms with Crippen molar-refractivity contribution >= 4 is 5.91 Å². The first-order valence-corrected chi connectivity index (χ1v) is 4.78. The molecule has 0 spiro atoms. The summed E-state index contributed by atoms with van der Waals surface area (Å²) in [7, 11) is 0. The molecule has 0 radical (unpaired) electrons. The summed E-state index contributed by atoms with van der Waals surface area (Å²) in [4.78, 5) is 13.6. The molecule has 2 heterocycles. The summed E-state index contributed by atoms with van der Waals surface area (Å²) in [6, 6.07) is 1.60. The van der Waals surface area contributed by atoms with Crippen LogP contribution in [0.4, 0.5) is 0 Å². The van der Waals surface area contributed by atoms with Crippen LogP contribution in [0.2, 0.25) is 0 Å². The summed E-state index contributed by atoms with van der Waals surface area (Å²) in [5.41, 5.74) is 0.395. The number of nitrogens with zero attached hydrogens (tertiary/aromatic N) is 2. The van der Waals surface area contributed by atoms with Crippen LogP contribution in [0, 0.1) is 0 Å². The third kappa shape index (κ3) is 1.93. The molecule has 1 amide bonds. The van der Waals surface area contributed by atoms with E-state index in [1.54, 1.807) is 11.0 Å². The first-order chi connectivity index (χ1) is 6.88. The van der Waals surface area contributed by atoms with Crippen LogP contribution in [0.1, 0.15) is 16.9 Å². The molecule has 1 fully saturated rings. The van der Waals surface area contributed by atoms with Gasteiger partial charge < -0.3 is 14.7 Å². The van der Waals surface area contributed by atoms with Crippen molar-refractivity contribution < 1.29 is 9.32 Å². The zero-order chi connectivity index (χ0) is 9.80. The quantitative estimate of drug-likeness (QED) is 0.691. The Bertz CT molecular complexity index is 289. The number of carbonyl (C=O) groups excluding carboxylic acids is 1. The van der Waals surface area contributed by atoms with Gasteiger partial charge in [-0.25, -0.2) is 0 Å². The first-order valence-electron chi connectivity index (χ1n) is 4.78. The number of hydrogen-bond donors (Lipinski definition) is 1. The minimum absolute atomic E-state index is 0.0394. The van der Waals surface area contributed by atoms with E-state index in [1.165, 1.54) is 6.26 Å². The number of rotatable bonds is 1. The van der Waals surface area contributed by atoms with Gasteiger partial charge in [-0.3, -0.25) is 4.79 Å². The SMILES string of the molecule is O=C(c1ccon1)N1CCCNCC1. The van der Waals surface area contributed by atoms with Crippen molar-refractivity contribution in [2.24, 2.45) is 0 Å². The monoisotopic (exact) mass is 195 g/mol. The van der Waals surface area contributed by atoms with E-state index in [2.05, 4.69) is 15.0 Å². The van der Waals surface area contributed by atoms with Crippen LogP contribution in [0.15, 0.2) is 16.9 Å².